The molecule has 1 aliphatic rings. The van der Waals surface area contributed by atoms with Crippen LogP contribution in [0.15, 0.2) is 16.6 Å². The average Bonchev–Trinajstić information content (AvgIpc) is 2.49. The first kappa shape index (κ1) is 8.42. The van der Waals surface area contributed by atoms with E-state index in [4.69, 9.17) is 9.47 Å². The standard InChI is InChI=1S/C8H6BrO2Se/c9-6-2-8-7(10-4-11-8)1-5(6)3-12/h1-2H,3-4H2. The second-order valence-corrected chi connectivity index (χ2v) is 3.90. The van der Waals surface area contributed by atoms with E-state index in [0.717, 1.165) is 21.3 Å². The fourth-order valence-electron chi connectivity index (χ4n) is 1.07. The topological polar surface area (TPSA) is 18.5 Å². The molecule has 0 aliphatic carbocycles. The van der Waals surface area contributed by atoms with Gasteiger partial charge in [0.1, 0.15) is 0 Å². The molecule has 4 heteroatoms. The monoisotopic (exact) mass is 293 g/mol. The quantitative estimate of drug-likeness (QED) is 0.736. The summed E-state index contributed by atoms with van der Waals surface area (Å²) >= 11 is 6.42. The van der Waals surface area contributed by atoms with Crippen LogP contribution in [0.3, 0.4) is 0 Å². The van der Waals surface area contributed by atoms with Gasteiger partial charge in [0.25, 0.3) is 0 Å². The number of fused-ring (bicyclic) bond motifs is 1. The first-order valence-electron chi connectivity index (χ1n) is 3.47. The molecule has 0 N–H and O–H groups in total. The van der Waals surface area contributed by atoms with Crippen LogP contribution in [0.2, 0.25) is 0 Å². The van der Waals surface area contributed by atoms with E-state index in [-0.39, 0.29) is 0 Å². The Balaban J connectivity index is 2.49. The molecule has 1 radical (unpaired) electrons. The van der Waals surface area contributed by atoms with E-state index in [0.29, 0.717) is 6.79 Å². The van der Waals surface area contributed by atoms with Crippen LogP contribution >= 0.6 is 15.9 Å². The van der Waals surface area contributed by atoms with Crippen molar-refractivity contribution in [3.05, 3.63) is 22.2 Å². The molecule has 0 fully saturated rings. The fraction of sp³-hybridized carbons (Fsp3) is 0.250. The van der Waals surface area contributed by atoms with Crippen molar-refractivity contribution in [3.63, 3.8) is 0 Å². The predicted molar refractivity (Wildman–Crippen MR) is 49.7 cm³/mol. The van der Waals surface area contributed by atoms with Gasteiger partial charge >= 0.3 is 87.2 Å². The molecule has 1 aliphatic heterocycles. The summed E-state index contributed by atoms with van der Waals surface area (Å²) in [5, 5.41) is 0.872. The van der Waals surface area contributed by atoms with Crippen LogP contribution in [0.25, 0.3) is 0 Å². The van der Waals surface area contributed by atoms with E-state index in [1.54, 1.807) is 0 Å². The molecule has 1 aromatic carbocycles. The van der Waals surface area contributed by atoms with Crippen LogP contribution < -0.4 is 9.47 Å². The molecule has 2 rings (SSSR count). The Morgan fingerprint density at radius 2 is 2.00 bits per heavy atom. The van der Waals surface area contributed by atoms with E-state index in [9.17, 15) is 0 Å². The fourth-order valence-corrected chi connectivity index (χ4v) is 2.45. The molecule has 63 valence electrons. The summed E-state index contributed by atoms with van der Waals surface area (Å²) in [5.74, 6) is 1.66. The van der Waals surface area contributed by atoms with Gasteiger partial charge in [-0.05, 0) is 0 Å². The van der Waals surface area contributed by atoms with Crippen LogP contribution in [0.4, 0.5) is 0 Å². The minimum atomic E-state index is 0.332. The van der Waals surface area contributed by atoms with Gasteiger partial charge in [0.15, 0.2) is 0 Å². The Bertz CT molecular complexity index is 313. The van der Waals surface area contributed by atoms with Gasteiger partial charge in [-0.1, -0.05) is 0 Å². The van der Waals surface area contributed by atoms with Crippen LogP contribution in [0, 0.1) is 0 Å². The van der Waals surface area contributed by atoms with Gasteiger partial charge in [-0.15, -0.1) is 0 Å². The third-order valence-electron chi connectivity index (χ3n) is 1.70. The Labute approximate surface area is 87.2 Å². The maximum atomic E-state index is 5.24. The van der Waals surface area contributed by atoms with Crippen molar-refractivity contribution < 1.29 is 9.47 Å². The van der Waals surface area contributed by atoms with Gasteiger partial charge in [-0.2, -0.15) is 0 Å². The summed E-state index contributed by atoms with van der Waals surface area (Å²) in [4.78, 5) is 0. The van der Waals surface area contributed by atoms with Gasteiger partial charge < -0.3 is 0 Å². The van der Waals surface area contributed by atoms with Crippen LogP contribution in [0.5, 0.6) is 11.5 Å². The van der Waals surface area contributed by atoms with Crippen LogP contribution in [-0.4, -0.2) is 22.8 Å². The number of rotatable bonds is 1. The van der Waals surface area contributed by atoms with Crippen LogP contribution in [0.1, 0.15) is 5.56 Å². The summed E-state index contributed by atoms with van der Waals surface area (Å²) in [7, 11) is 0. The zero-order valence-electron chi connectivity index (χ0n) is 6.17. The number of ether oxygens (including phenoxy) is 2. The zero-order chi connectivity index (χ0) is 8.55. The Morgan fingerprint density at radius 1 is 1.33 bits per heavy atom. The second kappa shape index (κ2) is 3.29. The van der Waals surface area contributed by atoms with Gasteiger partial charge in [0.05, 0.1) is 0 Å². The van der Waals surface area contributed by atoms with Crippen molar-refractivity contribution in [2.24, 2.45) is 0 Å². The third kappa shape index (κ3) is 1.35. The molecular weight excluding hydrogens is 287 g/mol. The van der Waals surface area contributed by atoms with E-state index < -0.39 is 0 Å². The van der Waals surface area contributed by atoms with Crippen molar-refractivity contribution >= 4 is 31.9 Å². The number of hydrogen-bond acceptors (Lipinski definition) is 2. The van der Waals surface area contributed by atoms with Gasteiger partial charge in [0.2, 0.25) is 0 Å². The maximum absolute atomic E-state index is 5.24. The SMILES string of the molecule is [Se]Cc1cc2c(cc1Br)OCO2. The molecule has 0 amide bonds. The van der Waals surface area contributed by atoms with Gasteiger partial charge in [-0.25, -0.2) is 0 Å². The molecule has 0 saturated carbocycles. The molecule has 2 nitrogen and oxygen atoms in total. The minimum absolute atomic E-state index is 0.332. The normalized spacial score (nSPS) is 13.5. The summed E-state index contributed by atoms with van der Waals surface area (Å²) < 4.78 is 11.5. The zero-order valence-corrected chi connectivity index (χ0v) is 9.47. The first-order valence-corrected chi connectivity index (χ1v) is 5.48. The van der Waals surface area contributed by atoms with Gasteiger partial charge in [0, 0.05) is 0 Å². The molecule has 1 heterocycles. The molecule has 0 saturated heterocycles. The van der Waals surface area contributed by atoms with Crippen molar-refractivity contribution in [1.82, 2.24) is 0 Å². The first-order chi connectivity index (χ1) is 5.81. The number of benzene rings is 1. The Morgan fingerprint density at radius 3 is 2.67 bits per heavy atom. The molecule has 0 unspecified atom stereocenters. The molecule has 0 atom stereocenters. The predicted octanol–water partition coefficient (Wildman–Crippen LogP) is 1.85. The number of hydrogen-bond donors (Lipinski definition) is 0. The molecular formula is C8H6BrO2Se. The summed E-state index contributed by atoms with van der Waals surface area (Å²) in [6.07, 6.45) is 0. The van der Waals surface area contributed by atoms with E-state index in [2.05, 4.69) is 31.9 Å². The van der Waals surface area contributed by atoms with Gasteiger partial charge in [-0.3, -0.25) is 0 Å². The summed E-state index contributed by atoms with van der Waals surface area (Å²) in [6.45, 7) is 0.332. The Kier molecular flexibility index (Phi) is 2.31. The van der Waals surface area contributed by atoms with E-state index >= 15 is 0 Å². The van der Waals surface area contributed by atoms with Crippen molar-refractivity contribution in [3.8, 4) is 11.5 Å². The Hall–Kier alpha value is -0.181. The molecule has 0 spiro atoms. The van der Waals surface area contributed by atoms with E-state index in [1.165, 1.54) is 5.56 Å². The van der Waals surface area contributed by atoms with Crippen molar-refractivity contribution in [2.75, 3.05) is 6.79 Å². The van der Waals surface area contributed by atoms with Crippen molar-refractivity contribution in [2.45, 2.75) is 5.32 Å². The molecule has 1 aromatic rings. The molecule has 0 aromatic heterocycles. The molecule has 0 bridgehead atoms. The summed E-state index contributed by atoms with van der Waals surface area (Å²) in [5.41, 5.74) is 1.19. The molecule has 12 heavy (non-hydrogen) atoms. The number of halogens is 1. The van der Waals surface area contributed by atoms with Crippen molar-refractivity contribution in [1.29, 1.82) is 0 Å². The average molecular weight is 293 g/mol. The third-order valence-corrected chi connectivity index (χ3v) is 3.09. The summed E-state index contributed by atoms with van der Waals surface area (Å²) in [6, 6.07) is 3.93. The van der Waals surface area contributed by atoms with Crippen LogP contribution in [-0.2, 0) is 5.32 Å². The second-order valence-electron chi connectivity index (χ2n) is 2.44. The van der Waals surface area contributed by atoms with E-state index in [1.807, 2.05) is 12.1 Å².